The first kappa shape index (κ1) is 10.6. The summed E-state index contributed by atoms with van der Waals surface area (Å²) in [5.74, 6) is 1.64. The van der Waals surface area contributed by atoms with Crippen molar-refractivity contribution < 1.29 is 0 Å². The van der Waals surface area contributed by atoms with E-state index in [0.717, 1.165) is 17.9 Å². The van der Waals surface area contributed by atoms with Crippen molar-refractivity contribution in [2.24, 2.45) is 5.92 Å². The molecule has 3 heterocycles. The van der Waals surface area contributed by atoms with Crippen LogP contribution in [0.4, 0.5) is 0 Å². The quantitative estimate of drug-likeness (QED) is 0.809. The molecule has 2 saturated heterocycles. The summed E-state index contributed by atoms with van der Waals surface area (Å²) >= 11 is 0. The fourth-order valence-electron chi connectivity index (χ4n) is 4.03. The molecule has 4 unspecified atom stereocenters. The summed E-state index contributed by atoms with van der Waals surface area (Å²) in [5.41, 5.74) is 2.82. The molecule has 0 amide bonds. The Balaban J connectivity index is 1.72. The Morgan fingerprint density at radius 3 is 3.06 bits per heavy atom. The molecule has 0 saturated carbocycles. The van der Waals surface area contributed by atoms with Crippen LogP contribution in [0.25, 0.3) is 10.9 Å². The summed E-state index contributed by atoms with van der Waals surface area (Å²) in [6.07, 6.45) is 5.02. The number of nitrogens with zero attached hydrogens (tertiary/aromatic N) is 1. The lowest BCUT2D eigenvalue weighted by Gasteiger charge is -2.35. The van der Waals surface area contributed by atoms with Gasteiger partial charge in [0, 0.05) is 29.7 Å². The Kier molecular flexibility index (Phi) is 2.28. The molecule has 2 nitrogen and oxygen atoms in total. The smallest absolute Gasteiger partial charge is 0.0456 e. The largest absolute Gasteiger partial charge is 0.361 e. The molecule has 4 atom stereocenters. The van der Waals surface area contributed by atoms with Crippen molar-refractivity contribution in [2.45, 2.75) is 31.7 Å². The second-order valence-corrected chi connectivity index (χ2v) is 6.01. The zero-order valence-electron chi connectivity index (χ0n) is 10.9. The first-order chi connectivity index (χ1) is 8.83. The van der Waals surface area contributed by atoms with Crippen LogP contribution in [0.2, 0.25) is 0 Å². The molecule has 2 heteroatoms. The standard InChI is InChI=1S/C16H20N2/c1-11-12-6-7-18(11)10-13(8-12)15-9-17-16-5-3-2-4-14(15)16/h2-5,9,11-13,17H,6-8,10H2,1H3. The predicted molar refractivity (Wildman–Crippen MR) is 74.8 cm³/mol. The molecule has 0 radical (unpaired) electrons. The molecule has 2 aliphatic heterocycles. The van der Waals surface area contributed by atoms with Gasteiger partial charge < -0.3 is 4.98 Å². The maximum Gasteiger partial charge on any atom is 0.0456 e. The van der Waals surface area contributed by atoms with E-state index in [9.17, 15) is 0 Å². The number of hydrogen-bond acceptors (Lipinski definition) is 1. The van der Waals surface area contributed by atoms with Gasteiger partial charge in [0.05, 0.1) is 0 Å². The van der Waals surface area contributed by atoms with Crippen molar-refractivity contribution in [1.29, 1.82) is 0 Å². The third-order valence-electron chi connectivity index (χ3n) is 5.15. The van der Waals surface area contributed by atoms with Gasteiger partial charge in [0.25, 0.3) is 0 Å². The lowest BCUT2D eigenvalue weighted by molar-refractivity contribution is 0.171. The fourth-order valence-corrected chi connectivity index (χ4v) is 4.03. The number of fused-ring (bicyclic) bond motifs is 3. The van der Waals surface area contributed by atoms with Crippen LogP contribution in [0.1, 0.15) is 31.2 Å². The fraction of sp³-hybridized carbons (Fsp3) is 0.500. The normalized spacial score (nSPS) is 35.2. The molecule has 94 valence electrons. The third-order valence-corrected chi connectivity index (χ3v) is 5.15. The van der Waals surface area contributed by atoms with Crippen LogP contribution in [0.5, 0.6) is 0 Å². The SMILES string of the molecule is CC1C2CCN1CC(c1c[nH]c3ccccc13)C2. The van der Waals surface area contributed by atoms with Crippen molar-refractivity contribution in [3.63, 3.8) is 0 Å². The van der Waals surface area contributed by atoms with Gasteiger partial charge in [0.15, 0.2) is 0 Å². The minimum Gasteiger partial charge on any atom is -0.361 e. The van der Waals surface area contributed by atoms with E-state index in [1.165, 1.54) is 42.4 Å². The highest BCUT2D eigenvalue weighted by molar-refractivity contribution is 5.83. The van der Waals surface area contributed by atoms with E-state index in [1.807, 2.05) is 0 Å². The molecule has 18 heavy (non-hydrogen) atoms. The van der Waals surface area contributed by atoms with Crippen molar-refractivity contribution in [3.05, 3.63) is 36.0 Å². The van der Waals surface area contributed by atoms with Gasteiger partial charge in [-0.05, 0) is 49.8 Å². The molecule has 2 fully saturated rings. The molecule has 0 spiro atoms. The first-order valence-corrected chi connectivity index (χ1v) is 7.13. The van der Waals surface area contributed by atoms with Crippen LogP contribution in [0, 0.1) is 5.92 Å². The molecular formula is C16H20N2. The summed E-state index contributed by atoms with van der Waals surface area (Å²) in [6.45, 7) is 4.97. The molecular weight excluding hydrogens is 220 g/mol. The van der Waals surface area contributed by atoms with E-state index in [0.29, 0.717) is 0 Å². The first-order valence-electron chi connectivity index (χ1n) is 7.13. The Hall–Kier alpha value is -1.28. The Labute approximate surface area is 108 Å². The van der Waals surface area contributed by atoms with Crippen LogP contribution >= 0.6 is 0 Å². The second kappa shape index (κ2) is 3.86. The van der Waals surface area contributed by atoms with Gasteiger partial charge in [-0.15, -0.1) is 0 Å². The number of rotatable bonds is 1. The van der Waals surface area contributed by atoms with Gasteiger partial charge in [-0.2, -0.15) is 0 Å². The molecule has 4 rings (SSSR count). The minimum absolute atomic E-state index is 0.727. The number of H-pyrrole nitrogens is 1. The van der Waals surface area contributed by atoms with E-state index in [1.54, 1.807) is 0 Å². The number of hydrogen-bond donors (Lipinski definition) is 1. The second-order valence-electron chi connectivity index (χ2n) is 6.01. The maximum absolute atomic E-state index is 3.43. The van der Waals surface area contributed by atoms with Gasteiger partial charge in [-0.25, -0.2) is 0 Å². The van der Waals surface area contributed by atoms with E-state index in [4.69, 9.17) is 0 Å². The highest BCUT2D eigenvalue weighted by Gasteiger charge is 2.39. The average Bonchev–Trinajstić information content (AvgIpc) is 2.88. The predicted octanol–water partition coefficient (Wildman–Crippen LogP) is 3.37. The lowest BCUT2D eigenvalue weighted by Crippen LogP contribution is -2.39. The van der Waals surface area contributed by atoms with Crippen molar-refractivity contribution in [3.8, 4) is 0 Å². The molecule has 2 aromatic rings. The summed E-state index contributed by atoms with van der Waals surface area (Å²) in [7, 11) is 0. The number of aromatic nitrogens is 1. The summed E-state index contributed by atoms with van der Waals surface area (Å²) in [6, 6.07) is 9.51. The van der Waals surface area contributed by atoms with Gasteiger partial charge in [0.1, 0.15) is 0 Å². The highest BCUT2D eigenvalue weighted by atomic mass is 15.2. The zero-order valence-corrected chi connectivity index (χ0v) is 10.9. The average molecular weight is 240 g/mol. The Bertz CT molecular complexity index is 557. The van der Waals surface area contributed by atoms with Crippen LogP contribution in [0.15, 0.2) is 30.5 Å². The van der Waals surface area contributed by atoms with Crippen LogP contribution in [-0.4, -0.2) is 29.0 Å². The van der Waals surface area contributed by atoms with E-state index in [2.05, 4.69) is 47.3 Å². The number of benzene rings is 1. The van der Waals surface area contributed by atoms with E-state index in [-0.39, 0.29) is 0 Å². The molecule has 1 aromatic heterocycles. The third kappa shape index (κ3) is 1.45. The van der Waals surface area contributed by atoms with Crippen LogP contribution in [0.3, 0.4) is 0 Å². The zero-order chi connectivity index (χ0) is 12.1. The summed E-state index contributed by atoms with van der Waals surface area (Å²) in [5, 5.41) is 1.43. The van der Waals surface area contributed by atoms with E-state index >= 15 is 0 Å². The topological polar surface area (TPSA) is 19.0 Å². The maximum atomic E-state index is 3.43. The van der Waals surface area contributed by atoms with Crippen molar-refractivity contribution in [1.82, 2.24) is 9.88 Å². The minimum atomic E-state index is 0.727. The molecule has 2 bridgehead atoms. The highest BCUT2D eigenvalue weighted by Crippen LogP contribution is 2.41. The molecule has 2 aliphatic rings. The van der Waals surface area contributed by atoms with Crippen molar-refractivity contribution >= 4 is 10.9 Å². The number of piperidine rings is 1. The van der Waals surface area contributed by atoms with Gasteiger partial charge in [0.2, 0.25) is 0 Å². The Morgan fingerprint density at radius 2 is 2.17 bits per heavy atom. The van der Waals surface area contributed by atoms with Crippen molar-refractivity contribution in [2.75, 3.05) is 13.1 Å². The monoisotopic (exact) mass is 240 g/mol. The summed E-state index contributed by atoms with van der Waals surface area (Å²) in [4.78, 5) is 6.11. The van der Waals surface area contributed by atoms with Gasteiger partial charge in [-0.1, -0.05) is 18.2 Å². The number of para-hydroxylation sites is 1. The lowest BCUT2D eigenvalue weighted by atomic mass is 9.82. The number of aromatic amines is 1. The van der Waals surface area contributed by atoms with Crippen LogP contribution in [-0.2, 0) is 0 Å². The molecule has 1 aromatic carbocycles. The number of nitrogens with one attached hydrogen (secondary N) is 1. The molecule has 0 aliphatic carbocycles. The van der Waals surface area contributed by atoms with Gasteiger partial charge in [-0.3, -0.25) is 4.90 Å². The van der Waals surface area contributed by atoms with Crippen LogP contribution < -0.4 is 0 Å². The van der Waals surface area contributed by atoms with E-state index < -0.39 is 0 Å². The molecule has 1 N–H and O–H groups in total. The summed E-state index contributed by atoms with van der Waals surface area (Å²) < 4.78 is 0. The van der Waals surface area contributed by atoms with Gasteiger partial charge >= 0.3 is 0 Å². The Morgan fingerprint density at radius 1 is 1.28 bits per heavy atom.